The number of nitrogens with zero attached hydrogens (tertiary/aromatic N) is 1. The maximum atomic E-state index is 12.3. The van der Waals surface area contributed by atoms with Crippen molar-refractivity contribution in [2.24, 2.45) is 5.92 Å². The molecule has 1 heterocycles. The van der Waals surface area contributed by atoms with E-state index in [1.807, 2.05) is 6.92 Å². The van der Waals surface area contributed by atoms with Crippen LogP contribution in [0.3, 0.4) is 0 Å². The number of carbonyl (C=O) groups is 1. The van der Waals surface area contributed by atoms with Gasteiger partial charge in [-0.1, -0.05) is 6.42 Å². The number of aliphatic hydroxyl groups is 1. The smallest absolute Gasteiger partial charge is 0.237 e. The molecule has 1 aliphatic carbocycles. The van der Waals surface area contributed by atoms with Crippen molar-refractivity contribution in [2.45, 2.75) is 83.5 Å². The summed E-state index contributed by atoms with van der Waals surface area (Å²) in [5.41, 5.74) is 0. The van der Waals surface area contributed by atoms with Crippen LogP contribution in [0.25, 0.3) is 0 Å². The Morgan fingerprint density at radius 2 is 1.90 bits per heavy atom. The van der Waals surface area contributed by atoms with Crippen LogP contribution in [0.5, 0.6) is 0 Å². The summed E-state index contributed by atoms with van der Waals surface area (Å²) < 4.78 is 0. The van der Waals surface area contributed by atoms with E-state index in [9.17, 15) is 9.90 Å². The molecule has 2 rings (SSSR count). The quantitative estimate of drug-likeness (QED) is 0.828. The third-order valence-electron chi connectivity index (χ3n) is 5.17. The predicted molar refractivity (Wildman–Crippen MR) is 80.4 cm³/mol. The fourth-order valence-electron chi connectivity index (χ4n) is 3.95. The van der Waals surface area contributed by atoms with E-state index in [2.05, 4.69) is 24.1 Å². The molecule has 1 amide bonds. The van der Waals surface area contributed by atoms with Gasteiger partial charge in [0.15, 0.2) is 0 Å². The summed E-state index contributed by atoms with van der Waals surface area (Å²) in [6.45, 7) is 7.16. The van der Waals surface area contributed by atoms with Crippen molar-refractivity contribution < 1.29 is 9.90 Å². The lowest BCUT2D eigenvalue weighted by atomic mass is 9.87. The van der Waals surface area contributed by atoms with E-state index in [0.29, 0.717) is 18.0 Å². The van der Waals surface area contributed by atoms with Gasteiger partial charge in [0.1, 0.15) is 0 Å². The first-order valence-corrected chi connectivity index (χ1v) is 8.22. The molecule has 1 saturated carbocycles. The number of amides is 1. The van der Waals surface area contributed by atoms with Crippen molar-refractivity contribution in [3.63, 3.8) is 0 Å². The molecule has 0 bridgehead atoms. The molecule has 116 valence electrons. The van der Waals surface area contributed by atoms with E-state index in [1.165, 1.54) is 12.8 Å². The predicted octanol–water partition coefficient (Wildman–Crippen LogP) is 1.91. The second-order valence-corrected chi connectivity index (χ2v) is 6.83. The van der Waals surface area contributed by atoms with Crippen molar-refractivity contribution in [3.05, 3.63) is 0 Å². The molecule has 1 aliphatic heterocycles. The van der Waals surface area contributed by atoms with Crippen molar-refractivity contribution in [1.82, 2.24) is 10.2 Å². The van der Waals surface area contributed by atoms with Crippen molar-refractivity contribution >= 4 is 5.91 Å². The molecular weight excluding hydrogens is 252 g/mol. The summed E-state index contributed by atoms with van der Waals surface area (Å²) in [7, 11) is 0. The molecule has 0 aromatic rings. The maximum absolute atomic E-state index is 12.3. The Balaban J connectivity index is 1.79. The van der Waals surface area contributed by atoms with Crippen LogP contribution in [0, 0.1) is 5.92 Å². The fourth-order valence-corrected chi connectivity index (χ4v) is 3.95. The van der Waals surface area contributed by atoms with Crippen molar-refractivity contribution in [3.8, 4) is 0 Å². The average Bonchev–Trinajstić information content (AvgIpc) is 2.75. The van der Waals surface area contributed by atoms with Crippen molar-refractivity contribution in [1.29, 1.82) is 0 Å². The highest BCUT2D eigenvalue weighted by atomic mass is 16.3. The largest absolute Gasteiger partial charge is 0.393 e. The van der Waals surface area contributed by atoms with Gasteiger partial charge < -0.3 is 10.4 Å². The van der Waals surface area contributed by atoms with Gasteiger partial charge in [-0.15, -0.1) is 0 Å². The van der Waals surface area contributed by atoms with Gasteiger partial charge in [-0.05, 0) is 58.8 Å². The van der Waals surface area contributed by atoms with Crippen LogP contribution in [0.1, 0.15) is 59.3 Å². The molecule has 4 heteroatoms. The molecule has 5 atom stereocenters. The van der Waals surface area contributed by atoms with Crippen LogP contribution in [-0.2, 0) is 4.79 Å². The second-order valence-electron chi connectivity index (χ2n) is 6.83. The van der Waals surface area contributed by atoms with Gasteiger partial charge >= 0.3 is 0 Å². The second kappa shape index (κ2) is 6.90. The SMILES string of the molecule is CC1CCC(C)N1C(C)C(=O)NCC1CCCC(O)C1. The number of nitrogens with one attached hydrogen (secondary N) is 1. The minimum atomic E-state index is -0.165. The van der Waals surface area contributed by atoms with Gasteiger partial charge in [0, 0.05) is 18.6 Å². The molecule has 2 fully saturated rings. The van der Waals surface area contributed by atoms with E-state index in [4.69, 9.17) is 0 Å². The fraction of sp³-hybridized carbons (Fsp3) is 0.938. The average molecular weight is 282 g/mol. The Bertz CT molecular complexity index is 324. The first kappa shape index (κ1) is 15.8. The Labute approximate surface area is 122 Å². The molecule has 4 nitrogen and oxygen atoms in total. The van der Waals surface area contributed by atoms with E-state index in [-0.39, 0.29) is 18.1 Å². The minimum Gasteiger partial charge on any atom is -0.393 e. The summed E-state index contributed by atoms with van der Waals surface area (Å²) in [5, 5.41) is 12.8. The Kier molecular flexibility index (Phi) is 5.44. The highest BCUT2D eigenvalue weighted by Crippen LogP contribution is 2.26. The topological polar surface area (TPSA) is 52.6 Å². The van der Waals surface area contributed by atoms with Gasteiger partial charge in [-0.3, -0.25) is 9.69 Å². The van der Waals surface area contributed by atoms with E-state index in [0.717, 1.165) is 32.2 Å². The van der Waals surface area contributed by atoms with Crippen LogP contribution in [0.15, 0.2) is 0 Å². The summed E-state index contributed by atoms with van der Waals surface area (Å²) in [5.74, 6) is 0.592. The monoisotopic (exact) mass is 282 g/mol. The zero-order valence-corrected chi connectivity index (χ0v) is 13.1. The number of carbonyl (C=O) groups excluding carboxylic acids is 1. The number of likely N-dealkylation sites (tertiary alicyclic amines) is 1. The first-order chi connectivity index (χ1) is 9.49. The van der Waals surface area contributed by atoms with Crippen molar-refractivity contribution in [2.75, 3.05) is 6.54 Å². The number of hydrogen-bond acceptors (Lipinski definition) is 3. The maximum Gasteiger partial charge on any atom is 0.237 e. The molecule has 5 unspecified atom stereocenters. The van der Waals surface area contributed by atoms with Crippen LogP contribution in [0.2, 0.25) is 0 Å². The normalized spacial score (nSPS) is 36.8. The molecule has 20 heavy (non-hydrogen) atoms. The summed E-state index contributed by atoms with van der Waals surface area (Å²) >= 11 is 0. The van der Waals surface area contributed by atoms with E-state index >= 15 is 0 Å². The molecule has 2 N–H and O–H groups in total. The summed E-state index contributed by atoms with van der Waals surface area (Å²) in [6, 6.07) is 0.959. The Morgan fingerprint density at radius 1 is 1.25 bits per heavy atom. The zero-order chi connectivity index (χ0) is 14.7. The van der Waals surface area contributed by atoms with Crippen LogP contribution in [0.4, 0.5) is 0 Å². The standard InChI is InChI=1S/C16H30N2O2/c1-11-7-8-12(2)18(11)13(3)16(20)17-10-14-5-4-6-15(19)9-14/h11-15,19H,4-10H2,1-3H3,(H,17,20). The molecule has 0 spiro atoms. The first-order valence-electron chi connectivity index (χ1n) is 8.22. The molecule has 1 saturated heterocycles. The lowest BCUT2D eigenvalue weighted by Crippen LogP contribution is -2.50. The highest BCUT2D eigenvalue weighted by molar-refractivity contribution is 5.81. The zero-order valence-electron chi connectivity index (χ0n) is 13.1. The number of rotatable bonds is 4. The highest BCUT2D eigenvalue weighted by Gasteiger charge is 2.34. The van der Waals surface area contributed by atoms with Gasteiger partial charge in [0.05, 0.1) is 12.1 Å². The molecule has 0 aromatic carbocycles. The molecular formula is C16H30N2O2. The Hall–Kier alpha value is -0.610. The lowest BCUT2D eigenvalue weighted by molar-refractivity contribution is -0.127. The van der Waals surface area contributed by atoms with Gasteiger partial charge in [0.2, 0.25) is 5.91 Å². The van der Waals surface area contributed by atoms with E-state index in [1.54, 1.807) is 0 Å². The van der Waals surface area contributed by atoms with Gasteiger partial charge in [-0.25, -0.2) is 0 Å². The van der Waals surface area contributed by atoms with Gasteiger partial charge in [0.25, 0.3) is 0 Å². The van der Waals surface area contributed by atoms with Gasteiger partial charge in [-0.2, -0.15) is 0 Å². The van der Waals surface area contributed by atoms with Crippen LogP contribution < -0.4 is 5.32 Å². The third kappa shape index (κ3) is 3.73. The molecule has 2 aliphatic rings. The summed E-state index contributed by atoms with van der Waals surface area (Å²) in [6.07, 6.45) is 6.18. The molecule has 0 aromatic heterocycles. The van der Waals surface area contributed by atoms with Crippen LogP contribution >= 0.6 is 0 Å². The molecule has 0 radical (unpaired) electrons. The summed E-state index contributed by atoms with van der Waals surface area (Å²) in [4.78, 5) is 14.7. The number of hydrogen-bond donors (Lipinski definition) is 2. The van der Waals surface area contributed by atoms with Crippen LogP contribution in [-0.4, -0.2) is 46.7 Å². The van der Waals surface area contributed by atoms with E-state index < -0.39 is 0 Å². The number of aliphatic hydroxyl groups excluding tert-OH is 1. The Morgan fingerprint density at radius 3 is 2.50 bits per heavy atom. The lowest BCUT2D eigenvalue weighted by Gasteiger charge is -2.32. The minimum absolute atomic E-state index is 0.0454. The third-order valence-corrected chi connectivity index (χ3v) is 5.17.